The summed E-state index contributed by atoms with van der Waals surface area (Å²) in [5.41, 5.74) is 12.3. The molecule has 0 unspecified atom stereocenters. The van der Waals surface area contributed by atoms with Crippen LogP contribution in [0, 0.1) is 19.8 Å². The van der Waals surface area contributed by atoms with E-state index in [-0.39, 0.29) is 0 Å². The molecule has 1 aromatic heterocycles. The number of nitrogen functional groups attached to an aromatic ring is 1. The van der Waals surface area contributed by atoms with Crippen molar-refractivity contribution in [3.05, 3.63) is 45.5 Å². The van der Waals surface area contributed by atoms with Crippen molar-refractivity contribution in [3.8, 4) is 0 Å². The number of nitrogens with two attached hydrogens (primary N) is 1. The van der Waals surface area contributed by atoms with Gasteiger partial charge < -0.3 is 11.1 Å². The minimum absolute atomic E-state index is 0.640. The van der Waals surface area contributed by atoms with Crippen LogP contribution in [0.15, 0.2) is 17.5 Å². The molecule has 0 spiro atoms. The van der Waals surface area contributed by atoms with Crippen molar-refractivity contribution >= 4 is 16.5 Å². The molecule has 1 aromatic carbocycles. The Hall–Kier alpha value is -1.43. The number of benzene rings is 1. The lowest BCUT2D eigenvalue weighted by Crippen LogP contribution is -2.32. The summed E-state index contributed by atoms with van der Waals surface area (Å²) >= 11 is 1.50. The van der Waals surface area contributed by atoms with E-state index in [0.29, 0.717) is 5.13 Å². The van der Waals surface area contributed by atoms with Crippen molar-refractivity contribution in [2.45, 2.75) is 53.2 Å². The minimum atomic E-state index is 0.640. The summed E-state index contributed by atoms with van der Waals surface area (Å²) in [6, 6.07) is 4.73. The first-order chi connectivity index (χ1) is 12.0. The van der Waals surface area contributed by atoms with E-state index in [1.54, 1.807) is 0 Å². The summed E-state index contributed by atoms with van der Waals surface area (Å²) in [6.07, 6.45) is 2.66. The molecule has 0 amide bonds. The van der Waals surface area contributed by atoms with Gasteiger partial charge >= 0.3 is 0 Å². The van der Waals surface area contributed by atoms with Crippen LogP contribution in [0.5, 0.6) is 0 Å². The Balaban J connectivity index is 1.61. The van der Waals surface area contributed by atoms with E-state index in [9.17, 15) is 0 Å². The summed E-state index contributed by atoms with van der Waals surface area (Å²) in [6.45, 7) is 12.0. The first-order valence-corrected chi connectivity index (χ1v) is 10.1. The summed E-state index contributed by atoms with van der Waals surface area (Å²) in [4.78, 5) is 6.91. The number of nitrogens with one attached hydrogen (secondary N) is 1. The highest BCUT2D eigenvalue weighted by atomic mass is 32.1. The van der Waals surface area contributed by atoms with Gasteiger partial charge in [-0.05, 0) is 68.0 Å². The van der Waals surface area contributed by atoms with Crippen molar-refractivity contribution in [1.29, 1.82) is 0 Å². The van der Waals surface area contributed by atoms with Crippen LogP contribution in [-0.4, -0.2) is 23.0 Å². The maximum atomic E-state index is 5.69. The van der Waals surface area contributed by atoms with Gasteiger partial charge in [-0.25, -0.2) is 4.98 Å². The van der Waals surface area contributed by atoms with Gasteiger partial charge in [0.25, 0.3) is 0 Å². The molecule has 5 heteroatoms. The molecule has 0 aliphatic carbocycles. The van der Waals surface area contributed by atoms with Crippen molar-refractivity contribution in [1.82, 2.24) is 15.2 Å². The Kier molecular flexibility index (Phi) is 6.10. The van der Waals surface area contributed by atoms with Gasteiger partial charge in [-0.1, -0.05) is 19.1 Å². The average molecular weight is 359 g/mol. The van der Waals surface area contributed by atoms with E-state index < -0.39 is 0 Å². The summed E-state index contributed by atoms with van der Waals surface area (Å²) < 4.78 is 0. The van der Waals surface area contributed by atoms with Crippen LogP contribution in [0.25, 0.3) is 0 Å². The molecule has 1 aliphatic rings. The molecule has 4 nitrogen and oxygen atoms in total. The Labute approximate surface area is 155 Å². The monoisotopic (exact) mass is 358 g/mol. The quantitative estimate of drug-likeness (QED) is 0.823. The van der Waals surface area contributed by atoms with Crippen LogP contribution in [0.4, 0.5) is 5.13 Å². The van der Waals surface area contributed by atoms with Crippen LogP contribution in [-0.2, 0) is 19.6 Å². The maximum Gasteiger partial charge on any atom is 0.180 e. The number of rotatable bonds is 6. The Morgan fingerprint density at radius 3 is 2.56 bits per heavy atom. The van der Waals surface area contributed by atoms with Gasteiger partial charge in [0.05, 0.1) is 5.69 Å². The Bertz CT molecular complexity index is 702. The molecule has 1 fully saturated rings. The van der Waals surface area contributed by atoms with Crippen LogP contribution in [0.1, 0.15) is 47.7 Å². The zero-order chi connectivity index (χ0) is 17.8. The Morgan fingerprint density at radius 1 is 1.16 bits per heavy atom. The predicted molar refractivity (Wildman–Crippen MR) is 107 cm³/mol. The molecule has 0 atom stereocenters. The van der Waals surface area contributed by atoms with E-state index in [1.807, 2.05) is 5.38 Å². The largest absolute Gasteiger partial charge is 0.375 e. The number of thiazole rings is 1. The lowest BCUT2D eigenvalue weighted by atomic mass is 9.96. The highest BCUT2D eigenvalue weighted by Gasteiger charge is 2.17. The van der Waals surface area contributed by atoms with Crippen molar-refractivity contribution in [2.24, 2.45) is 5.92 Å². The van der Waals surface area contributed by atoms with E-state index in [1.165, 1.54) is 59.5 Å². The second-order valence-electron chi connectivity index (χ2n) is 7.44. The third-order valence-electron chi connectivity index (χ3n) is 5.26. The fourth-order valence-corrected chi connectivity index (χ4v) is 4.06. The second kappa shape index (κ2) is 8.30. The van der Waals surface area contributed by atoms with Crippen LogP contribution < -0.4 is 11.1 Å². The SMILES string of the molecule is Cc1cc(C)c(CN2CCC(C)CC2)cc1CNCc1csc(N)n1. The van der Waals surface area contributed by atoms with E-state index in [4.69, 9.17) is 5.73 Å². The molecule has 1 aliphatic heterocycles. The molecule has 25 heavy (non-hydrogen) atoms. The molecule has 0 bridgehead atoms. The molecule has 1 saturated heterocycles. The first-order valence-electron chi connectivity index (χ1n) is 9.23. The molecule has 136 valence electrons. The van der Waals surface area contributed by atoms with Gasteiger partial charge in [-0.15, -0.1) is 11.3 Å². The standard InChI is InChI=1S/C20H30N4S/c1-14-4-6-24(7-5-14)12-18-9-17(15(2)8-16(18)3)10-22-11-19-13-25-20(21)23-19/h8-9,13-14,22H,4-7,10-12H2,1-3H3,(H2,21,23). The van der Waals surface area contributed by atoms with E-state index >= 15 is 0 Å². The molecule has 2 heterocycles. The topological polar surface area (TPSA) is 54.2 Å². The van der Waals surface area contributed by atoms with E-state index in [2.05, 4.69) is 48.1 Å². The molecule has 0 radical (unpaired) electrons. The number of nitrogens with zero attached hydrogens (tertiary/aromatic N) is 2. The zero-order valence-corrected chi connectivity index (χ0v) is 16.5. The zero-order valence-electron chi connectivity index (χ0n) is 15.6. The number of aromatic nitrogens is 1. The molecular formula is C20H30N4S. The lowest BCUT2D eigenvalue weighted by Gasteiger charge is -2.30. The minimum Gasteiger partial charge on any atom is -0.375 e. The number of aryl methyl sites for hydroxylation is 2. The molecule has 3 N–H and O–H groups in total. The summed E-state index contributed by atoms with van der Waals surface area (Å²) in [5.74, 6) is 0.884. The number of likely N-dealkylation sites (tertiary alicyclic amines) is 1. The summed E-state index contributed by atoms with van der Waals surface area (Å²) in [5, 5.41) is 6.16. The van der Waals surface area contributed by atoms with Crippen molar-refractivity contribution in [2.75, 3.05) is 18.8 Å². The molecule has 3 rings (SSSR count). The number of hydrogen-bond acceptors (Lipinski definition) is 5. The maximum absolute atomic E-state index is 5.69. The van der Waals surface area contributed by atoms with Gasteiger partial charge in [-0.2, -0.15) is 0 Å². The second-order valence-corrected chi connectivity index (χ2v) is 8.33. The fourth-order valence-electron chi connectivity index (χ4n) is 3.50. The predicted octanol–water partition coefficient (Wildman–Crippen LogP) is 3.86. The van der Waals surface area contributed by atoms with Crippen molar-refractivity contribution in [3.63, 3.8) is 0 Å². The van der Waals surface area contributed by atoms with Gasteiger partial charge in [0, 0.05) is 25.0 Å². The third-order valence-corrected chi connectivity index (χ3v) is 5.98. The third kappa shape index (κ3) is 5.03. The van der Waals surface area contributed by atoms with Crippen LogP contribution in [0.3, 0.4) is 0 Å². The molecular weight excluding hydrogens is 328 g/mol. The first kappa shape index (κ1) is 18.4. The van der Waals surface area contributed by atoms with Crippen LogP contribution >= 0.6 is 11.3 Å². The summed E-state index contributed by atoms with van der Waals surface area (Å²) in [7, 11) is 0. The van der Waals surface area contributed by atoms with Gasteiger partial charge in [0.1, 0.15) is 0 Å². The average Bonchev–Trinajstić information content (AvgIpc) is 2.99. The smallest absolute Gasteiger partial charge is 0.180 e. The molecule has 2 aromatic rings. The van der Waals surface area contributed by atoms with Crippen LogP contribution in [0.2, 0.25) is 0 Å². The lowest BCUT2D eigenvalue weighted by molar-refractivity contribution is 0.185. The number of anilines is 1. The highest BCUT2D eigenvalue weighted by Crippen LogP contribution is 2.22. The van der Waals surface area contributed by atoms with Gasteiger partial charge in [0.15, 0.2) is 5.13 Å². The molecule has 0 saturated carbocycles. The number of hydrogen-bond donors (Lipinski definition) is 2. The van der Waals surface area contributed by atoms with E-state index in [0.717, 1.165) is 31.2 Å². The van der Waals surface area contributed by atoms with Gasteiger partial charge in [0.2, 0.25) is 0 Å². The Morgan fingerprint density at radius 2 is 1.88 bits per heavy atom. The number of piperidine rings is 1. The van der Waals surface area contributed by atoms with Crippen molar-refractivity contribution < 1.29 is 0 Å². The fraction of sp³-hybridized carbons (Fsp3) is 0.550. The highest BCUT2D eigenvalue weighted by molar-refractivity contribution is 7.13. The normalized spacial score (nSPS) is 16.4. The van der Waals surface area contributed by atoms with Gasteiger partial charge in [-0.3, -0.25) is 4.90 Å².